The number of likely N-dealkylation sites (N-methyl/N-ethyl adjacent to an activating group) is 1. The molecule has 1 saturated heterocycles. The van der Waals surface area contributed by atoms with Gasteiger partial charge >= 0.3 is 0 Å². The van der Waals surface area contributed by atoms with E-state index in [1.807, 2.05) is 25.2 Å². The van der Waals surface area contributed by atoms with Crippen LogP contribution in [0.1, 0.15) is 44.6 Å². The van der Waals surface area contributed by atoms with E-state index >= 15 is 0 Å². The molecule has 0 aliphatic carbocycles. The average molecular weight is 260 g/mol. The molecule has 0 aromatic heterocycles. The number of hydrogen-bond acceptors (Lipinski definition) is 2. The second-order valence-corrected chi connectivity index (χ2v) is 5.72. The maximum atomic E-state index is 12.4. The molecule has 1 heterocycles. The van der Waals surface area contributed by atoms with Crippen LogP contribution < -0.4 is 5.32 Å². The molecule has 19 heavy (non-hydrogen) atoms. The summed E-state index contributed by atoms with van der Waals surface area (Å²) >= 11 is 0. The van der Waals surface area contributed by atoms with Crippen molar-refractivity contribution in [3.05, 3.63) is 29.8 Å². The van der Waals surface area contributed by atoms with Crippen molar-refractivity contribution in [1.82, 2.24) is 4.90 Å². The van der Waals surface area contributed by atoms with Crippen LogP contribution in [-0.2, 0) is 4.79 Å². The summed E-state index contributed by atoms with van der Waals surface area (Å²) < 4.78 is 0. The van der Waals surface area contributed by atoms with Gasteiger partial charge in [0, 0.05) is 5.69 Å². The first kappa shape index (κ1) is 14.1. The number of piperidine rings is 1. The molecule has 1 fully saturated rings. The molecule has 1 atom stereocenters. The first-order valence-corrected chi connectivity index (χ1v) is 7.19. The summed E-state index contributed by atoms with van der Waals surface area (Å²) in [5.74, 6) is 0.552. The summed E-state index contributed by atoms with van der Waals surface area (Å²) in [6, 6.07) is 8.11. The van der Waals surface area contributed by atoms with E-state index in [0.29, 0.717) is 5.92 Å². The molecule has 104 valence electrons. The van der Waals surface area contributed by atoms with Gasteiger partial charge in [0.1, 0.15) is 0 Å². The quantitative estimate of drug-likeness (QED) is 0.905. The maximum absolute atomic E-state index is 12.4. The standard InChI is InChI=1S/C16H24N2O/c1-12(2)13-8-4-5-9-14(13)17-16(19)15-10-6-7-11-18(15)3/h4-5,8-9,12,15H,6-7,10-11H2,1-3H3,(H,17,19). The number of carbonyl (C=O) groups is 1. The second-order valence-electron chi connectivity index (χ2n) is 5.72. The minimum atomic E-state index is 0.0222. The molecule has 1 amide bonds. The Labute approximate surface area is 116 Å². The smallest absolute Gasteiger partial charge is 0.241 e. The number of nitrogens with zero attached hydrogens (tertiary/aromatic N) is 1. The summed E-state index contributed by atoms with van der Waals surface area (Å²) in [6.45, 7) is 5.32. The van der Waals surface area contributed by atoms with Crippen LogP contribution >= 0.6 is 0 Å². The normalized spacial score (nSPS) is 20.5. The van der Waals surface area contributed by atoms with Crippen LogP contribution in [0.15, 0.2) is 24.3 Å². The minimum Gasteiger partial charge on any atom is -0.324 e. The van der Waals surface area contributed by atoms with Gasteiger partial charge in [-0.3, -0.25) is 9.69 Å². The lowest BCUT2D eigenvalue weighted by atomic mass is 9.99. The van der Waals surface area contributed by atoms with Gasteiger partial charge in [-0.1, -0.05) is 38.5 Å². The second kappa shape index (κ2) is 6.20. The molecule has 1 aliphatic rings. The fourth-order valence-electron chi connectivity index (χ4n) is 2.74. The van der Waals surface area contributed by atoms with Crippen molar-refractivity contribution < 1.29 is 4.79 Å². The van der Waals surface area contributed by atoms with Gasteiger partial charge in [-0.2, -0.15) is 0 Å². The van der Waals surface area contributed by atoms with E-state index in [-0.39, 0.29) is 11.9 Å². The molecule has 1 aromatic carbocycles. The maximum Gasteiger partial charge on any atom is 0.241 e. The van der Waals surface area contributed by atoms with Crippen LogP contribution in [0.4, 0.5) is 5.69 Å². The monoisotopic (exact) mass is 260 g/mol. The Morgan fingerprint density at radius 1 is 1.32 bits per heavy atom. The average Bonchev–Trinajstić information content (AvgIpc) is 2.39. The third-order valence-electron chi connectivity index (χ3n) is 3.91. The Bertz CT molecular complexity index is 442. The number of carbonyl (C=O) groups excluding carboxylic acids is 1. The van der Waals surface area contributed by atoms with Crippen LogP contribution in [0.5, 0.6) is 0 Å². The summed E-state index contributed by atoms with van der Waals surface area (Å²) in [4.78, 5) is 14.6. The Kier molecular flexibility index (Phi) is 4.59. The van der Waals surface area contributed by atoms with E-state index in [1.165, 1.54) is 12.0 Å². The number of para-hydroxylation sites is 1. The van der Waals surface area contributed by atoms with Crippen LogP contribution in [0.3, 0.4) is 0 Å². The summed E-state index contributed by atoms with van der Waals surface area (Å²) in [5, 5.41) is 3.11. The van der Waals surface area contributed by atoms with E-state index < -0.39 is 0 Å². The van der Waals surface area contributed by atoms with Crippen molar-refractivity contribution in [3.63, 3.8) is 0 Å². The van der Waals surface area contributed by atoms with Gasteiger partial charge in [-0.05, 0) is 44.0 Å². The number of rotatable bonds is 3. The van der Waals surface area contributed by atoms with Crippen molar-refractivity contribution in [2.75, 3.05) is 18.9 Å². The van der Waals surface area contributed by atoms with Crippen molar-refractivity contribution in [2.45, 2.75) is 45.1 Å². The summed E-state index contributed by atoms with van der Waals surface area (Å²) in [6.07, 6.45) is 3.31. The number of amides is 1. The minimum absolute atomic E-state index is 0.0222. The molecule has 1 aromatic rings. The summed E-state index contributed by atoms with van der Waals surface area (Å²) in [5.41, 5.74) is 2.16. The zero-order chi connectivity index (χ0) is 13.8. The van der Waals surface area contributed by atoms with Gasteiger partial charge in [0.25, 0.3) is 0 Å². The molecule has 1 aliphatic heterocycles. The molecule has 3 nitrogen and oxygen atoms in total. The fraction of sp³-hybridized carbons (Fsp3) is 0.562. The number of nitrogens with one attached hydrogen (secondary N) is 1. The van der Waals surface area contributed by atoms with Crippen LogP contribution in [-0.4, -0.2) is 30.4 Å². The number of likely N-dealkylation sites (tertiary alicyclic amines) is 1. The predicted molar refractivity (Wildman–Crippen MR) is 79.4 cm³/mol. The Hall–Kier alpha value is -1.35. The van der Waals surface area contributed by atoms with Crippen molar-refractivity contribution in [3.8, 4) is 0 Å². The van der Waals surface area contributed by atoms with Crippen molar-refractivity contribution >= 4 is 11.6 Å². The molecule has 0 spiro atoms. The fourth-order valence-corrected chi connectivity index (χ4v) is 2.74. The molecular weight excluding hydrogens is 236 g/mol. The van der Waals surface area contributed by atoms with Gasteiger partial charge in [0.15, 0.2) is 0 Å². The lowest BCUT2D eigenvalue weighted by Crippen LogP contribution is -2.44. The van der Waals surface area contributed by atoms with Gasteiger partial charge in [0.05, 0.1) is 6.04 Å². The Morgan fingerprint density at radius 2 is 2.05 bits per heavy atom. The Morgan fingerprint density at radius 3 is 2.74 bits per heavy atom. The topological polar surface area (TPSA) is 32.3 Å². The van der Waals surface area contributed by atoms with E-state index in [4.69, 9.17) is 0 Å². The lowest BCUT2D eigenvalue weighted by molar-refractivity contribution is -0.121. The molecule has 1 N–H and O–H groups in total. The highest BCUT2D eigenvalue weighted by atomic mass is 16.2. The molecular formula is C16H24N2O. The van der Waals surface area contributed by atoms with Crippen LogP contribution in [0.2, 0.25) is 0 Å². The molecule has 2 rings (SSSR count). The highest BCUT2D eigenvalue weighted by Gasteiger charge is 2.26. The third kappa shape index (κ3) is 3.35. The van der Waals surface area contributed by atoms with Gasteiger partial charge in [0.2, 0.25) is 5.91 Å². The van der Waals surface area contributed by atoms with Crippen LogP contribution in [0.25, 0.3) is 0 Å². The highest BCUT2D eigenvalue weighted by Crippen LogP contribution is 2.25. The number of benzene rings is 1. The zero-order valence-electron chi connectivity index (χ0n) is 12.1. The molecule has 0 saturated carbocycles. The van der Waals surface area contributed by atoms with Gasteiger partial charge in [-0.25, -0.2) is 0 Å². The lowest BCUT2D eigenvalue weighted by Gasteiger charge is -2.31. The van der Waals surface area contributed by atoms with E-state index in [9.17, 15) is 4.79 Å². The van der Waals surface area contributed by atoms with Crippen LogP contribution in [0, 0.1) is 0 Å². The predicted octanol–water partition coefficient (Wildman–Crippen LogP) is 3.23. The molecule has 0 radical (unpaired) electrons. The summed E-state index contributed by atoms with van der Waals surface area (Å²) in [7, 11) is 2.04. The molecule has 3 heteroatoms. The van der Waals surface area contributed by atoms with E-state index in [1.54, 1.807) is 0 Å². The Balaban J connectivity index is 2.10. The van der Waals surface area contributed by atoms with Gasteiger partial charge in [-0.15, -0.1) is 0 Å². The van der Waals surface area contributed by atoms with E-state index in [0.717, 1.165) is 25.1 Å². The molecule has 1 unspecified atom stereocenters. The SMILES string of the molecule is CC(C)c1ccccc1NC(=O)C1CCCCN1C. The third-order valence-corrected chi connectivity index (χ3v) is 3.91. The zero-order valence-corrected chi connectivity index (χ0v) is 12.1. The largest absolute Gasteiger partial charge is 0.324 e. The van der Waals surface area contributed by atoms with Crippen molar-refractivity contribution in [2.24, 2.45) is 0 Å². The highest BCUT2D eigenvalue weighted by molar-refractivity contribution is 5.95. The molecule has 0 bridgehead atoms. The number of hydrogen-bond donors (Lipinski definition) is 1. The number of anilines is 1. The first-order chi connectivity index (χ1) is 9.09. The first-order valence-electron chi connectivity index (χ1n) is 7.19. The van der Waals surface area contributed by atoms with Gasteiger partial charge < -0.3 is 5.32 Å². The van der Waals surface area contributed by atoms with Crippen molar-refractivity contribution in [1.29, 1.82) is 0 Å². The van der Waals surface area contributed by atoms with E-state index in [2.05, 4.69) is 30.1 Å².